The Kier molecular flexibility index (Phi) is 2.78. The van der Waals surface area contributed by atoms with Crippen LogP contribution in [0.5, 0.6) is 11.5 Å². The maximum atomic E-state index is 6.22. The van der Waals surface area contributed by atoms with Crippen LogP contribution in [0.4, 0.5) is 0 Å². The molecule has 0 amide bonds. The summed E-state index contributed by atoms with van der Waals surface area (Å²) in [6.45, 7) is 3.04. The van der Waals surface area contributed by atoms with E-state index in [0.29, 0.717) is 13.2 Å². The second kappa shape index (κ2) is 3.96. The first-order chi connectivity index (χ1) is 7.62. The number of hydrogen-bond acceptors (Lipinski definition) is 4. The summed E-state index contributed by atoms with van der Waals surface area (Å²) >= 11 is 0. The van der Waals surface area contributed by atoms with Crippen molar-refractivity contribution in [3.05, 3.63) is 23.3 Å². The number of benzene rings is 1. The third-order valence-corrected chi connectivity index (χ3v) is 3.04. The quantitative estimate of drug-likeness (QED) is 0.836. The van der Waals surface area contributed by atoms with Crippen molar-refractivity contribution < 1.29 is 14.2 Å². The van der Waals surface area contributed by atoms with E-state index >= 15 is 0 Å². The first kappa shape index (κ1) is 11.2. The van der Waals surface area contributed by atoms with Crippen molar-refractivity contribution in [2.45, 2.75) is 12.5 Å². The first-order valence-electron chi connectivity index (χ1n) is 5.21. The Morgan fingerprint density at radius 3 is 2.38 bits per heavy atom. The highest BCUT2D eigenvalue weighted by atomic mass is 16.5. The minimum absolute atomic E-state index is 0.414. The predicted molar refractivity (Wildman–Crippen MR) is 61.0 cm³/mol. The molecule has 16 heavy (non-hydrogen) atoms. The molecule has 1 aromatic rings. The van der Waals surface area contributed by atoms with Gasteiger partial charge in [-0.15, -0.1) is 0 Å². The van der Waals surface area contributed by atoms with Crippen LogP contribution in [-0.2, 0) is 10.3 Å². The Hall–Kier alpha value is -1.26. The van der Waals surface area contributed by atoms with Crippen molar-refractivity contribution >= 4 is 0 Å². The maximum absolute atomic E-state index is 6.22. The highest BCUT2D eigenvalue weighted by molar-refractivity contribution is 5.52. The van der Waals surface area contributed by atoms with Gasteiger partial charge in [0.2, 0.25) is 0 Å². The van der Waals surface area contributed by atoms with Gasteiger partial charge in [0.05, 0.1) is 33.0 Å². The molecular weight excluding hydrogens is 206 g/mol. The summed E-state index contributed by atoms with van der Waals surface area (Å²) in [6.07, 6.45) is 0. The summed E-state index contributed by atoms with van der Waals surface area (Å²) in [5, 5.41) is 0. The fraction of sp³-hybridized carbons (Fsp3) is 0.500. The third kappa shape index (κ3) is 1.54. The third-order valence-electron chi connectivity index (χ3n) is 3.04. The van der Waals surface area contributed by atoms with Crippen LogP contribution in [0.3, 0.4) is 0 Å². The van der Waals surface area contributed by atoms with E-state index in [0.717, 1.165) is 22.6 Å². The normalized spacial score (nSPS) is 17.8. The van der Waals surface area contributed by atoms with Crippen molar-refractivity contribution in [3.8, 4) is 11.5 Å². The molecule has 1 aliphatic heterocycles. The lowest BCUT2D eigenvalue weighted by Crippen LogP contribution is -2.54. The Morgan fingerprint density at radius 1 is 1.25 bits per heavy atom. The standard InChI is InChI=1S/C12H17NO3/c1-8-10(14-2)5-4-9(11(8)15-3)12(13)6-16-7-12/h4-5H,6-7,13H2,1-3H3. The van der Waals surface area contributed by atoms with E-state index in [1.807, 2.05) is 19.1 Å². The van der Waals surface area contributed by atoms with Crippen molar-refractivity contribution in [3.63, 3.8) is 0 Å². The van der Waals surface area contributed by atoms with Gasteiger partial charge in [-0.3, -0.25) is 0 Å². The summed E-state index contributed by atoms with van der Waals surface area (Å²) in [5.41, 5.74) is 7.76. The van der Waals surface area contributed by atoms with Crippen LogP contribution in [-0.4, -0.2) is 27.4 Å². The van der Waals surface area contributed by atoms with E-state index in [4.69, 9.17) is 19.9 Å². The van der Waals surface area contributed by atoms with Crippen LogP contribution in [0.2, 0.25) is 0 Å². The zero-order valence-corrected chi connectivity index (χ0v) is 9.87. The predicted octanol–water partition coefficient (Wildman–Crippen LogP) is 1.20. The molecule has 0 aromatic heterocycles. The number of ether oxygens (including phenoxy) is 3. The number of methoxy groups -OCH3 is 2. The number of rotatable bonds is 3. The van der Waals surface area contributed by atoms with Crippen molar-refractivity contribution in [1.82, 2.24) is 0 Å². The average Bonchev–Trinajstić information content (AvgIpc) is 2.25. The van der Waals surface area contributed by atoms with Crippen molar-refractivity contribution in [1.29, 1.82) is 0 Å². The molecule has 4 nitrogen and oxygen atoms in total. The van der Waals surface area contributed by atoms with E-state index in [1.54, 1.807) is 14.2 Å². The molecule has 1 heterocycles. The SMILES string of the molecule is COc1ccc(C2(N)COC2)c(OC)c1C. The van der Waals surface area contributed by atoms with Gasteiger partial charge < -0.3 is 19.9 Å². The van der Waals surface area contributed by atoms with E-state index in [1.165, 1.54) is 0 Å². The van der Waals surface area contributed by atoms with E-state index in [2.05, 4.69) is 0 Å². The monoisotopic (exact) mass is 223 g/mol. The zero-order chi connectivity index (χ0) is 11.8. The molecule has 0 atom stereocenters. The molecule has 0 bridgehead atoms. The highest BCUT2D eigenvalue weighted by Crippen LogP contribution is 2.39. The van der Waals surface area contributed by atoms with Gasteiger partial charge in [0.25, 0.3) is 0 Å². The topological polar surface area (TPSA) is 53.7 Å². The maximum Gasteiger partial charge on any atom is 0.130 e. The molecule has 0 saturated carbocycles. The van der Waals surface area contributed by atoms with Gasteiger partial charge in [-0.2, -0.15) is 0 Å². The molecule has 2 N–H and O–H groups in total. The Morgan fingerprint density at radius 2 is 1.94 bits per heavy atom. The van der Waals surface area contributed by atoms with Gasteiger partial charge in [0, 0.05) is 11.1 Å². The average molecular weight is 223 g/mol. The lowest BCUT2D eigenvalue weighted by atomic mass is 9.87. The smallest absolute Gasteiger partial charge is 0.130 e. The van der Waals surface area contributed by atoms with Gasteiger partial charge in [0.15, 0.2) is 0 Å². The minimum Gasteiger partial charge on any atom is -0.496 e. The van der Waals surface area contributed by atoms with Crippen LogP contribution in [0.1, 0.15) is 11.1 Å². The number of nitrogens with two attached hydrogens (primary N) is 1. The van der Waals surface area contributed by atoms with Crippen LogP contribution in [0.15, 0.2) is 12.1 Å². The Balaban J connectivity index is 2.50. The Bertz CT molecular complexity index is 399. The van der Waals surface area contributed by atoms with Crippen LogP contribution < -0.4 is 15.2 Å². The fourth-order valence-corrected chi connectivity index (χ4v) is 2.03. The second-order valence-electron chi connectivity index (χ2n) is 4.12. The van der Waals surface area contributed by atoms with E-state index in [9.17, 15) is 0 Å². The number of hydrogen-bond donors (Lipinski definition) is 1. The van der Waals surface area contributed by atoms with Gasteiger partial charge in [-0.05, 0) is 19.1 Å². The Labute approximate surface area is 95.3 Å². The van der Waals surface area contributed by atoms with Gasteiger partial charge in [-0.25, -0.2) is 0 Å². The van der Waals surface area contributed by atoms with Crippen LogP contribution in [0, 0.1) is 6.92 Å². The lowest BCUT2D eigenvalue weighted by molar-refractivity contribution is -0.0578. The summed E-state index contributed by atoms with van der Waals surface area (Å²) < 4.78 is 15.9. The summed E-state index contributed by atoms with van der Waals surface area (Å²) in [5.74, 6) is 1.61. The van der Waals surface area contributed by atoms with Gasteiger partial charge in [0.1, 0.15) is 11.5 Å². The fourth-order valence-electron chi connectivity index (χ4n) is 2.03. The minimum atomic E-state index is -0.414. The van der Waals surface area contributed by atoms with Crippen LogP contribution in [0.25, 0.3) is 0 Å². The van der Waals surface area contributed by atoms with Gasteiger partial charge in [-0.1, -0.05) is 0 Å². The molecule has 1 aromatic carbocycles. The molecule has 0 aliphatic carbocycles. The molecular formula is C12H17NO3. The molecule has 0 radical (unpaired) electrons. The summed E-state index contributed by atoms with van der Waals surface area (Å²) in [7, 11) is 3.29. The molecule has 88 valence electrons. The molecule has 2 rings (SSSR count). The zero-order valence-electron chi connectivity index (χ0n) is 9.87. The highest BCUT2D eigenvalue weighted by Gasteiger charge is 2.39. The molecule has 0 unspecified atom stereocenters. The van der Waals surface area contributed by atoms with Crippen molar-refractivity contribution in [2.24, 2.45) is 5.73 Å². The molecule has 1 saturated heterocycles. The van der Waals surface area contributed by atoms with Gasteiger partial charge >= 0.3 is 0 Å². The van der Waals surface area contributed by atoms with Crippen LogP contribution >= 0.6 is 0 Å². The van der Waals surface area contributed by atoms with E-state index in [-0.39, 0.29) is 0 Å². The molecule has 1 fully saturated rings. The lowest BCUT2D eigenvalue weighted by Gasteiger charge is -2.39. The molecule has 4 heteroatoms. The summed E-state index contributed by atoms with van der Waals surface area (Å²) in [4.78, 5) is 0. The van der Waals surface area contributed by atoms with E-state index < -0.39 is 5.54 Å². The van der Waals surface area contributed by atoms with Crippen molar-refractivity contribution in [2.75, 3.05) is 27.4 Å². The summed E-state index contributed by atoms with van der Waals surface area (Å²) in [6, 6.07) is 3.87. The second-order valence-corrected chi connectivity index (χ2v) is 4.12. The molecule has 1 aliphatic rings. The largest absolute Gasteiger partial charge is 0.496 e. The molecule has 0 spiro atoms. The first-order valence-corrected chi connectivity index (χ1v) is 5.21.